The van der Waals surface area contributed by atoms with E-state index in [1.807, 2.05) is 0 Å². The number of carbonyl (C=O) groups is 2. The summed E-state index contributed by atoms with van der Waals surface area (Å²) in [6.45, 7) is 16.5. The number of carbonyl (C=O) groups excluding carboxylic acids is 1. The highest BCUT2D eigenvalue weighted by Gasteiger charge is 2.36. The quantitative estimate of drug-likeness (QED) is 0.434. The van der Waals surface area contributed by atoms with Gasteiger partial charge in [0.25, 0.3) is 5.91 Å². The molecule has 1 aromatic heterocycles. The first-order chi connectivity index (χ1) is 17.2. The average molecular weight is 507 g/mol. The molecule has 0 bridgehead atoms. The third kappa shape index (κ3) is 6.13. The highest BCUT2D eigenvalue weighted by atomic mass is 16.4. The highest BCUT2D eigenvalue weighted by Crippen LogP contribution is 2.37. The van der Waals surface area contributed by atoms with Gasteiger partial charge in [0.1, 0.15) is 0 Å². The fraction of sp³-hybridized carbons (Fsp3) is 0.625. The number of aliphatic carboxylic acids is 1. The van der Waals surface area contributed by atoms with E-state index in [4.69, 9.17) is 0 Å². The zero-order valence-corrected chi connectivity index (χ0v) is 23.9. The van der Waals surface area contributed by atoms with Gasteiger partial charge >= 0.3 is 5.97 Å². The van der Waals surface area contributed by atoms with Crippen LogP contribution in [0.4, 0.5) is 0 Å². The van der Waals surface area contributed by atoms with Crippen LogP contribution in [0, 0.1) is 18.8 Å². The molecule has 1 heterocycles. The maximum absolute atomic E-state index is 13.4. The first kappa shape index (κ1) is 27.5. The van der Waals surface area contributed by atoms with Gasteiger partial charge in [0.05, 0.1) is 11.5 Å². The zero-order chi connectivity index (χ0) is 27.1. The normalized spacial score (nSPS) is 20.9. The van der Waals surface area contributed by atoms with Crippen LogP contribution in [0.25, 0.3) is 11.3 Å². The van der Waals surface area contributed by atoms with E-state index in [-0.39, 0.29) is 28.7 Å². The lowest BCUT2D eigenvalue weighted by atomic mass is 9.79. The Hall–Kier alpha value is -2.56. The Labute approximate surface area is 223 Å². The summed E-state index contributed by atoms with van der Waals surface area (Å²) in [7, 11) is 0. The van der Waals surface area contributed by atoms with Crippen molar-refractivity contribution in [2.24, 2.45) is 11.8 Å². The molecule has 0 saturated heterocycles. The van der Waals surface area contributed by atoms with Crippen LogP contribution in [0.3, 0.4) is 0 Å². The van der Waals surface area contributed by atoms with Crippen LogP contribution in [0.5, 0.6) is 0 Å². The summed E-state index contributed by atoms with van der Waals surface area (Å²) in [4.78, 5) is 24.6. The zero-order valence-electron chi connectivity index (χ0n) is 23.9. The molecule has 2 N–H and O–H groups in total. The molecule has 1 aromatic carbocycles. The Morgan fingerprint density at radius 1 is 0.919 bits per heavy atom. The SMILES string of the molecule is Cc1c(C(=O)N[C@H]2C[C@H](C(=O)O)C2)cc(-c2cc(C(C)(C)C)cc(C(C)(C)C)c2)n1CC1CCCCC1. The smallest absolute Gasteiger partial charge is 0.306 e. The van der Waals surface area contributed by atoms with Crippen LogP contribution in [-0.2, 0) is 22.2 Å². The van der Waals surface area contributed by atoms with E-state index < -0.39 is 5.97 Å². The van der Waals surface area contributed by atoms with Gasteiger partial charge < -0.3 is 15.0 Å². The Morgan fingerprint density at radius 3 is 2.00 bits per heavy atom. The Kier molecular flexibility index (Phi) is 7.65. The monoisotopic (exact) mass is 506 g/mol. The number of carboxylic acid groups (broad SMARTS) is 1. The van der Waals surface area contributed by atoms with Gasteiger partial charge in [0.15, 0.2) is 0 Å². The number of carboxylic acids is 1. The molecule has 2 aliphatic carbocycles. The molecule has 5 nitrogen and oxygen atoms in total. The largest absolute Gasteiger partial charge is 0.481 e. The first-order valence-corrected chi connectivity index (χ1v) is 14.1. The van der Waals surface area contributed by atoms with E-state index in [9.17, 15) is 14.7 Å². The van der Waals surface area contributed by atoms with E-state index in [1.165, 1.54) is 48.8 Å². The summed E-state index contributed by atoms with van der Waals surface area (Å²) >= 11 is 0. The average Bonchev–Trinajstić information content (AvgIpc) is 3.11. The molecule has 2 fully saturated rings. The molecule has 0 spiro atoms. The van der Waals surface area contributed by atoms with Crippen LogP contribution in [-0.4, -0.2) is 27.6 Å². The van der Waals surface area contributed by atoms with Crippen LogP contribution in [0.2, 0.25) is 0 Å². The third-order valence-corrected chi connectivity index (χ3v) is 8.56. The van der Waals surface area contributed by atoms with E-state index in [1.54, 1.807) is 0 Å². The summed E-state index contributed by atoms with van der Waals surface area (Å²) in [5.41, 5.74) is 6.63. The fourth-order valence-corrected chi connectivity index (χ4v) is 5.82. The van der Waals surface area contributed by atoms with Crippen LogP contribution in [0.1, 0.15) is 114 Å². The van der Waals surface area contributed by atoms with Crippen molar-refractivity contribution in [2.75, 3.05) is 0 Å². The van der Waals surface area contributed by atoms with Gasteiger partial charge in [-0.15, -0.1) is 0 Å². The van der Waals surface area contributed by atoms with Gasteiger partial charge in [0, 0.05) is 24.0 Å². The number of rotatable bonds is 6. The van der Waals surface area contributed by atoms with Crippen molar-refractivity contribution < 1.29 is 14.7 Å². The van der Waals surface area contributed by atoms with Gasteiger partial charge in [-0.3, -0.25) is 9.59 Å². The minimum absolute atomic E-state index is 0.0109. The van der Waals surface area contributed by atoms with Gasteiger partial charge in [-0.05, 0) is 84.2 Å². The van der Waals surface area contributed by atoms with Crippen LogP contribution >= 0.6 is 0 Å². The number of hydrogen-bond acceptors (Lipinski definition) is 2. The number of nitrogens with one attached hydrogen (secondary N) is 1. The third-order valence-electron chi connectivity index (χ3n) is 8.56. The summed E-state index contributed by atoms with van der Waals surface area (Å²) in [6.07, 6.45) is 7.40. The molecular weight excluding hydrogens is 460 g/mol. The molecule has 1 amide bonds. The van der Waals surface area contributed by atoms with Crippen molar-refractivity contribution in [1.29, 1.82) is 0 Å². The first-order valence-electron chi connectivity index (χ1n) is 14.1. The number of benzene rings is 1. The summed E-state index contributed by atoms with van der Waals surface area (Å²) < 4.78 is 2.39. The van der Waals surface area contributed by atoms with Crippen molar-refractivity contribution in [3.63, 3.8) is 0 Å². The van der Waals surface area contributed by atoms with E-state index >= 15 is 0 Å². The van der Waals surface area contributed by atoms with Crippen molar-refractivity contribution in [3.05, 3.63) is 46.6 Å². The van der Waals surface area contributed by atoms with Crippen molar-refractivity contribution in [3.8, 4) is 11.3 Å². The lowest BCUT2D eigenvalue weighted by molar-refractivity contribution is -0.145. The van der Waals surface area contributed by atoms with Crippen molar-refractivity contribution >= 4 is 11.9 Å². The Morgan fingerprint density at radius 2 is 1.49 bits per heavy atom. The van der Waals surface area contributed by atoms with Crippen LogP contribution in [0.15, 0.2) is 24.3 Å². The molecule has 37 heavy (non-hydrogen) atoms. The second-order valence-corrected chi connectivity index (χ2v) is 13.6. The molecule has 2 aromatic rings. The lowest BCUT2D eigenvalue weighted by Crippen LogP contribution is -2.46. The topological polar surface area (TPSA) is 71.3 Å². The minimum atomic E-state index is -0.768. The summed E-state index contributed by atoms with van der Waals surface area (Å²) in [6, 6.07) is 8.98. The molecule has 5 heteroatoms. The molecule has 4 rings (SSSR count). The van der Waals surface area contributed by atoms with Gasteiger partial charge in [-0.25, -0.2) is 0 Å². The lowest BCUT2D eigenvalue weighted by Gasteiger charge is -2.32. The van der Waals surface area contributed by atoms with Crippen molar-refractivity contribution in [1.82, 2.24) is 9.88 Å². The van der Waals surface area contributed by atoms with E-state index in [2.05, 4.69) is 82.6 Å². The standard InChI is InChI=1S/C32H46N2O3/c1-20-27(29(35)33-26-15-23(16-26)30(36)37)18-28(34(20)19-21-11-9-8-10-12-21)22-13-24(31(2,3)4)17-25(14-22)32(5,6)7/h13-14,17-18,21,23,26H,8-12,15-16,19H2,1-7H3,(H,33,35)(H,36,37)/t23-,26-. The highest BCUT2D eigenvalue weighted by molar-refractivity contribution is 5.97. The predicted molar refractivity (Wildman–Crippen MR) is 150 cm³/mol. The molecule has 2 aliphatic rings. The molecule has 0 aliphatic heterocycles. The fourth-order valence-electron chi connectivity index (χ4n) is 5.82. The van der Waals surface area contributed by atoms with Crippen molar-refractivity contribution in [2.45, 2.75) is 117 Å². The number of amides is 1. The molecule has 0 radical (unpaired) electrons. The van der Waals surface area contributed by atoms with Crippen LogP contribution < -0.4 is 5.32 Å². The number of nitrogens with zero attached hydrogens (tertiary/aromatic N) is 1. The maximum Gasteiger partial charge on any atom is 0.306 e. The molecule has 0 unspecified atom stereocenters. The minimum Gasteiger partial charge on any atom is -0.481 e. The number of aromatic nitrogens is 1. The van der Waals surface area contributed by atoms with Gasteiger partial charge in [-0.2, -0.15) is 0 Å². The summed E-state index contributed by atoms with van der Waals surface area (Å²) in [5, 5.41) is 12.3. The molecular formula is C32H46N2O3. The number of hydrogen-bond donors (Lipinski definition) is 2. The maximum atomic E-state index is 13.4. The molecule has 202 valence electrons. The second kappa shape index (κ2) is 10.3. The Bertz CT molecular complexity index is 1120. The van der Waals surface area contributed by atoms with Gasteiger partial charge in [0.2, 0.25) is 0 Å². The Balaban J connectivity index is 1.75. The second-order valence-electron chi connectivity index (χ2n) is 13.6. The predicted octanol–water partition coefficient (Wildman–Crippen LogP) is 7.23. The van der Waals surface area contributed by atoms with E-state index in [0.717, 1.165) is 17.9 Å². The van der Waals surface area contributed by atoms with Gasteiger partial charge in [-0.1, -0.05) is 66.9 Å². The van der Waals surface area contributed by atoms with E-state index in [0.29, 0.717) is 24.3 Å². The molecule has 0 atom stereocenters. The molecule has 2 saturated carbocycles. The summed E-state index contributed by atoms with van der Waals surface area (Å²) in [5.74, 6) is -0.562.